The zero-order chi connectivity index (χ0) is 13.9. The summed E-state index contributed by atoms with van der Waals surface area (Å²) in [5.74, 6) is 1.45. The summed E-state index contributed by atoms with van der Waals surface area (Å²) in [4.78, 5) is 0. The zero-order valence-electron chi connectivity index (χ0n) is 12.4. The van der Waals surface area contributed by atoms with Crippen molar-refractivity contribution < 1.29 is 9.84 Å². The molecule has 110 valence electrons. The van der Waals surface area contributed by atoms with Crippen LogP contribution in [0.25, 0.3) is 0 Å². The lowest BCUT2D eigenvalue weighted by Crippen LogP contribution is -2.35. The van der Waals surface area contributed by atoms with Crippen LogP contribution in [0.15, 0.2) is 24.3 Å². The van der Waals surface area contributed by atoms with Crippen molar-refractivity contribution in [1.82, 2.24) is 0 Å². The monoisotopic (exact) mass is 274 g/mol. The van der Waals surface area contributed by atoms with Gasteiger partial charge in [0, 0.05) is 0 Å². The summed E-state index contributed by atoms with van der Waals surface area (Å²) >= 11 is 0. The second kappa shape index (κ2) is 6.28. The largest absolute Gasteiger partial charge is 0.391 e. The van der Waals surface area contributed by atoms with Gasteiger partial charge in [0.15, 0.2) is 0 Å². The van der Waals surface area contributed by atoms with Gasteiger partial charge in [0.1, 0.15) is 0 Å². The highest BCUT2D eigenvalue weighted by Gasteiger charge is 2.31. The lowest BCUT2D eigenvalue weighted by atomic mass is 9.75. The molecule has 0 bridgehead atoms. The molecule has 2 nitrogen and oxygen atoms in total. The molecule has 2 atom stereocenters. The minimum atomic E-state index is -0.227. The fourth-order valence-electron chi connectivity index (χ4n) is 3.79. The molecule has 2 aliphatic rings. The third-order valence-corrected chi connectivity index (χ3v) is 5.13. The van der Waals surface area contributed by atoms with E-state index in [0.717, 1.165) is 18.8 Å². The standard InChI is InChI=1S/C18H26O2/c1-13-2-4-14(5-3-13)15-6-8-16(9-7-15)18-11-10-17(19)12-20-18/h2-5,15-19H,6-12H2,1H3. The lowest BCUT2D eigenvalue weighted by molar-refractivity contribution is -0.0845. The van der Waals surface area contributed by atoms with E-state index in [0.29, 0.717) is 18.6 Å². The Bertz CT molecular complexity index is 410. The predicted octanol–water partition coefficient (Wildman–Crippen LogP) is 3.81. The van der Waals surface area contributed by atoms with Crippen LogP contribution in [0.2, 0.25) is 0 Å². The molecule has 1 aromatic rings. The second-order valence-corrected chi connectivity index (χ2v) is 6.63. The Balaban J connectivity index is 1.53. The molecule has 0 radical (unpaired) electrons. The van der Waals surface area contributed by atoms with Gasteiger partial charge in [-0.3, -0.25) is 0 Å². The first-order chi connectivity index (χ1) is 9.72. The Morgan fingerprint density at radius 3 is 2.25 bits per heavy atom. The van der Waals surface area contributed by atoms with Gasteiger partial charge < -0.3 is 9.84 Å². The molecule has 0 amide bonds. The third kappa shape index (κ3) is 3.24. The van der Waals surface area contributed by atoms with Gasteiger partial charge in [-0.05, 0) is 62.8 Å². The van der Waals surface area contributed by atoms with Gasteiger partial charge in [-0.2, -0.15) is 0 Å². The Kier molecular flexibility index (Phi) is 4.42. The number of hydrogen-bond acceptors (Lipinski definition) is 2. The fraction of sp³-hybridized carbons (Fsp3) is 0.667. The van der Waals surface area contributed by atoms with E-state index in [-0.39, 0.29) is 6.10 Å². The zero-order valence-corrected chi connectivity index (χ0v) is 12.4. The van der Waals surface area contributed by atoms with Crippen molar-refractivity contribution in [1.29, 1.82) is 0 Å². The molecule has 1 aliphatic heterocycles. The topological polar surface area (TPSA) is 29.5 Å². The maximum atomic E-state index is 9.51. The van der Waals surface area contributed by atoms with Crippen LogP contribution in [0.3, 0.4) is 0 Å². The highest BCUT2D eigenvalue weighted by molar-refractivity contribution is 5.24. The van der Waals surface area contributed by atoms with Crippen molar-refractivity contribution in [3.8, 4) is 0 Å². The van der Waals surface area contributed by atoms with E-state index in [2.05, 4.69) is 31.2 Å². The first-order valence-corrected chi connectivity index (χ1v) is 8.08. The van der Waals surface area contributed by atoms with Gasteiger partial charge in [0.2, 0.25) is 0 Å². The van der Waals surface area contributed by atoms with Gasteiger partial charge in [-0.15, -0.1) is 0 Å². The highest BCUT2D eigenvalue weighted by Crippen LogP contribution is 2.39. The number of hydrogen-bond donors (Lipinski definition) is 1. The summed E-state index contributed by atoms with van der Waals surface area (Å²) in [5, 5.41) is 9.51. The molecular formula is C18H26O2. The van der Waals surface area contributed by atoms with Crippen molar-refractivity contribution >= 4 is 0 Å². The SMILES string of the molecule is Cc1ccc(C2CCC(C3CCC(O)CO3)CC2)cc1. The van der Waals surface area contributed by atoms with Gasteiger partial charge in [0.25, 0.3) is 0 Å². The number of benzene rings is 1. The van der Waals surface area contributed by atoms with Crippen LogP contribution in [0.1, 0.15) is 55.6 Å². The van der Waals surface area contributed by atoms with Gasteiger partial charge in [-0.25, -0.2) is 0 Å². The van der Waals surface area contributed by atoms with Crippen molar-refractivity contribution in [3.63, 3.8) is 0 Å². The van der Waals surface area contributed by atoms with E-state index in [1.807, 2.05) is 0 Å². The van der Waals surface area contributed by atoms with Crippen LogP contribution in [-0.4, -0.2) is 23.9 Å². The predicted molar refractivity (Wildman–Crippen MR) is 80.9 cm³/mol. The van der Waals surface area contributed by atoms with E-state index in [1.165, 1.54) is 36.8 Å². The van der Waals surface area contributed by atoms with Crippen LogP contribution < -0.4 is 0 Å². The third-order valence-electron chi connectivity index (χ3n) is 5.13. The van der Waals surface area contributed by atoms with E-state index < -0.39 is 0 Å². The van der Waals surface area contributed by atoms with Crippen LogP contribution in [0.5, 0.6) is 0 Å². The van der Waals surface area contributed by atoms with Crippen LogP contribution in [0.4, 0.5) is 0 Å². The molecule has 1 aromatic carbocycles. The van der Waals surface area contributed by atoms with Crippen molar-refractivity contribution in [2.75, 3.05) is 6.61 Å². The van der Waals surface area contributed by atoms with Gasteiger partial charge in [0.05, 0.1) is 18.8 Å². The minimum Gasteiger partial charge on any atom is -0.391 e. The number of ether oxygens (including phenoxy) is 1. The Labute approximate surface area is 122 Å². The average molecular weight is 274 g/mol. The molecule has 0 spiro atoms. The Morgan fingerprint density at radius 2 is 1.65 bits per heavy atom. The molecule has 1 heterocycles. The minimum absolute atomic E-state index is 0.227. The quantitative estimate of drug-likeness (QED) is 0.888. The van der Waals surface area contributed by atoms with E-state index in [1.54, 1.807) is 0 Å². The molecule has 1 saturated carbocycles. The van der Waals surface area contributed by atoms with Crippen LogP contribution >= 0.6 is 0 Å². The van der Waals surface area contributed by atoms with Crippen molar-refractivity contribution in [3.05, 3.63) is 35.4 Å². The molecule has 2 heteroatoms. The molecule has 1 saturated heterocycles. The number of rotatable bonds is 2. The summed E-state index contributed by atoms with van der Waals surface area (Å²) in [5.41, 5.74) is 2.85. The molecule has 3 rings (SSSR count). The first-order valence-electron chi connectivity index (χ1n) is 8.08. The fourth-order valence-corrected chi connectivity index (χ4v) is 3.79. The molecule has 2 unspecified atom stereocenters. The maximum Gasteiger partial charge on any atom is 0.0774 e. The summed E-state index contributed by atoms with van der Waals surface area (Å²) in [6.07, 6.45) is 7.27. The van der Waals surface area contributed by atoms with Crippen molar-refractivity contribution in [2.24, 2.45) is 5.92 Å². The van der Waals surface area contributed by atoms with Gasteiger partial charge >= 0.3 is 0 Å². The Morgan fingerprint density at radius 1 is 0.950 bits per heavy atom. The molecular weight excluding hydrogens is 248 g/mol. The molecule has 1 N–H and O–H groups in total. The van der Waals surface area contributed by atoms with Crippen LogP contribution in [-0.2, 0) is 4.74 Å². The summed E-state index contributed by atoms with van der Waals surface area (Å²) in [6, 6.07) is 9.06. The average Bonchev–Trinajstić information content (AvgIpc) is 2.49. The van der Waals surface area contributed by atoms with Crippen molar-refractivity contribution in [2.45, 2.75) is 63.6 Å². The highest BCUT2D eigenvalue weighted by atomic mass is 16.5. The summed E-state index contributed by atoms with van der Waals surface area (Å²) in [6.45, 7) is 2.69. The first kappa shape index (κ1) is 14.1. The Hall–Kier alpha value is -0.860. The lowest BCUT2D eigenvalue weighted by Gasteiger charge is -2.37. The van der Waals surface area contributed by atoms with E-state index in [4.69, 9.17) is 4.74 Å². The van der Waals surface area contributed by atoms with E-state index >= 15 is 0 Å². The number of aryl methyl sites for hydroxylation is 1. The number of aliphatic hydroxyl groups is 1. The van der Waals surface area contributed by atoms with E-state index in [9.17, 15) is 5.11 Å². The van der Waals surface area contributed by atoms with Gasteiger partial charge in [-0.1, -0.05) is 29.8 Å². The summed E-state index contributed by atoms with van der Waals surface area (Å²) < 4.78 is 5.84. The summed E-state index contributed by atoms with van der Waals surface area (Å²) in [7, 11) is 0. The smallest absolute Gasteiger partial charge is 0.0774 e. The molecule has 20 heavy (non-hydrogen) atoms. The molecule has 2 fully saturated rings. The van der Waals surface area contributed by atoms with Crippen LogP contribution in [0, 0.1) is 12.8 Å². The second-order valence-electron chi connectivity index (χ2n) is 6.63. The number of aliphatic hydroxyl groups excluding tert-OH is 1. The normalized spacial score (nSPS) is 34.9. The molecule has 0 aromatic heterocycles. The molecule has 1 aliphatic carbocycles. The maximum absolute atomic E-state index is 9.51.